The van der Waals surface area contributed by atoms with E-state index in [0.717, 1.165) is 0 Å². The van der Waals surface area contributed by atoms with Crippen LogP contribution in [0.2, 0.25) is 0 Å². The Hall–Kier alpha value is -1.25. The average molecular weight is 338 g/mol. The van der Waals surface area contributed by atoms with Crippen molar-refractivity contribution in [3.63, 3.8) is 0 Å². The molecule has 2 aliphatic carbocycles. The highest BCUT2D eigenvalue weighted by atomic mass is 32.2. The summed E-state index contributed by atoms with van der Waals surface area (Å²) in [7, 11) is -5.73. The van der Waals surface area contributed by atoms with Crippen molar-refractivity contribution in [3.8, 4) is 11.1 Å². The van der Waals surface area contributed by atoms with Crippen LogP contribution >= 0.6 is 0 Å². The number of rotatable bonds is 1. The van der Waals surface area contributed by atoms with Gasteiger partial charge < -0.3 is 4.55 Å². The van der Waals surface area contributed by atoms with Crippen molar-refractivity contribution in [2.75, 3.05) is 12.5 Å². The third-order valence-electron chi connectivity index (χ3n) is 2.47. The van der Waals surface area contributed by atoms with E-state index in [1.54, 1.807) is 0 Å². The zero-order valence-corrected chi connectivity index (χ0v) is 12.8. The fourth-order valence-corrected chi connectivity index (χ4v) is 2.51. The summed E-state index contributed by atoms with van der Waals surface area (Å²) in [6.45, 7) is 0. The molecule has 21 heavy (non-hydrogen) atoms. The molecule has 0 aromatic heterocycles. The lowest BCUT2D eigenvalue weighted by molar-refractivity contribution is -0.0517. The molecule has 0 aromatic carbocycles. The Morgan fingerprint density at radius 3 is 2.00 bits per heavy atom. The molecule has 2 aliphatic rings. The summed E-state index contributed by atoms with van der Waals surface area (Å²) in [6, 6.07) is 15.1. The van der Waals surface area contributed by atoms with Crippen LogP contribution in [0.5, 0.6) is 0 Å². The molecule has 0 N–H and O–H groups in total. The van der Waals surface area contributed by atoms with Crippen LogP contribution in [0.15, 0.2) is 47.4 Å². The quantitative estimate of drug-likeness (QED) is 0.456. The Labute approximate surface area is 124 Å². The molecule has 0 heterocycles. The maximum absolute atomic E-state index is 10.7. The lowest BCUT2D eigenvalue weighted by Gasteiger charge is -2.08. The van der Waals surface area contributed by atoms with Crippen LogP contribution in [0.1, 0.15) is 0 Å². The van der Waals surface area contributed by atoms with E-state index >= 15 is 0 Å². The Bertz CT molecular complexity index is 667. The topological polar surface area (TPSA) is 57.2 Å². The standard InChI is InChI=1S/C12H13S.CHF3O3S/c1-13(2)12-9-8-10-6-4-3-5-7-11(10)12;2-1(3,4)8(5,6)7/h3-9H,1-2H3;(H,5,6,7)/q+1;/p-1. The Kier molecular flexibility index (Phi) is 5.66. The van der Waals surface area contributed by atoms with Gasteiger partial charge in [-0.15, -0.1) is 0 Å². The molecule has 116 valence electrons. The molecule has 0 radical (unpaired) electrons. The summed E-state index contributed by atoms with van der Waals surface area (Å²) in [6.07, 6.45) is 4.53. The first-order valence-corrected chi connectivity index (χ1v) is 9.06. The minimum absolute atomic E-state index is 0.356. The van der Waals surface area contributed by atoms with Crippen LogP contribution in [-0.2, 0) is 21.0 Å². The van der Waals surface area contributed by atoms with Gasteiger partial charge in [0.1, 0.15) is 12.5 Å². The number of alkyl halides is 3. The van der Waals surface area contributed by atoms with E-state index in [1.165, 1.54) is 16.0 Å². The highest BCUT2D eigenvalue weighted by molar-refractivity contribution is 7.95. The van der Waals surface area contributed by atoms with Crippen LogP contribution in [-0.4, -0.2) is 31.0 Å². The first-order chi connectivity index (χ1) is 9.54. The predicted molar refractivity (Wildman–Crippen MR) is 76.3 cm³/mol. The summed E-state index contributed by atoms with van der Waals surface area (Å²) < 4.78 is 58.9. The third-order valence-corrected chi connectivity index (χ3v) is 4.28. The summed E-state index contributed by atoms with van der Waals surface area (Å²) in [5, 5.41) is 0. The smallest absolute Gasteiger partial charge is 0.485 e. The van der Waals surface area contributed by atoms with E-state index in [2.05, 4.69) is 55.0 Å². The molecular weight excluding hydrogens is 325 g/mol. The van der Waals surface area contributed by atoms with Crippen LogP contribution in [0.3, 0.4) is 0 Å². The van der Waals surface area contributed by atoms with Crippen molar-refractivity contribution in [1.82, 2.24) is 0 Å². The molecule has 0 aromatic rings. The Morgan fingerprint density at radius 1 is 1.00 bits per heavy atom. The van der Waals surface area contributed by atoms with Crippen molar-refractivity contribution in [2.45, 2.75) is 10.4 Å². The van der Waals surface area contributed by atoms with Gasteiger partial charge in [0.25, 0.3) is 0 Å². The van der Waals surface area contributed by atoms with Gasteiger partial charge in [-0.1, -0.05) is 24.3 Å². The summed E-state index contributed by atoms with van der Waals surface area (Å²) in [4.78, 5) is 1.48. The van der Waals surface area contributed by atoms with Crippen LogP contribution in [0, 0.1) is 0 Å². The molecular formula is C13H13F3O3S2. The van der Waals surface area contributed by atoms with Gasteiger partial charge in [0.05, 0.1) is 0 Å². The number of halogens is 3. The first kappa shape index (κ1) is 17.8. The van der Waals surface area contributed by atoms with Gasteiger partial charge in [0, 0.05) is 16.5 Å². The minimum atomic E-state index is -6.09. The molecule has 0 atom stereocenters. The normalized spacial score (nSPS) is 12.1. The summed E-state index contributed by atoms with van der Waals surface area (Å²) >= 11 is 0. The molecule has 0 spiro atoms. The van der Waals surface area contributed by atoms with Gasteiger partial charge in [-0.25, -0.2) is 8.42 Å². The highest BCUT2D eigenvalue weighted by Crippen LogP contribution is 2.30. The van der Waals surface area contributed by atoms with E-state index in [0.29, 0.717) is 10.9 Å². The molecule has 0 saturated carbocycles. The monoisotopic (exact) mass is 338 g/mol. The molecule has 0 aliphatic heterocycles. The van der Waals surface area contributed by atoms with E-state index in [9.17, 15) is 13.2 Å². The van der Waals surface area contributed by atoms with Crippen LogP contribution in [0.25, 0.3) is 11.1 Å². The Balaban J connectivity index is 0.000000240. The van der Waals surface area contributed by atoms with E-state index in [4.69, 9.17) is 13.0 Å². The number of hydrogen-bond acceptors (Lipinski definition) is 3. The van der Waals surface area contributed by atoms with Gasteiger partial charge >= 0.3 is 5.51 Å². The molecule has 0 unspecified atom stereocenters. The van der Waals surface area contributed by atoms with Gasteiger partial charge in [-0.2, -0.15) is 13.2 Å². The molecule has 3 nitrogen and oxygen atoms in total. The molecule has 0 bridgehead atoms. The maximum atomic E-state index is 10.7. The predicted octanol–water partition coefficient (Wildman–Crippen LogP) is 3.08. The van der Waals surface area contributed by atoms with Crippen molar-refractivity contribution in [2.24, 2.45) is 0 Å². The van der Waals surface area contributed by atoms with Crippen molar-refractivity contribution >= 4 is 21.0 Å². The van der Waals surface area contributed by atoms with Crippen molar-refractivity contribution in [3.05, 3.63) is 42.5 Å². The fourth-order valence-electron chi connectivity index (χ4n) is 1.54. The van der Waals surface area contributed by atoms with Gasteiger partial charge in [0.15, 0.2) is 15.0 Å². The van der Waals surface area contributed by atoms with E-state index < -0.39 is 15.6 Å². The van der Waals surface area contributed by atoms with Crippen molar-refractivity contribution < 1.29 is 26.1 Å². The second-order valence-electron chi connectivity index (χ2n) is 4.19. The average Bonchev–Trinajstić information content (AvgIpc) is 2.57. The fraction of sp³-hybridized carbons (Fsp3) is 0.231. The van der Waals surface area contributed by atoms with Gasteiger partial charge in [0.2, 0.25) is 0 Å². The SMILES string of the molecule is C[S+](C)c1ccc2cccccc1-2.O=S(=O)([O-])C(F)(F)F. The second kappa shape index (κ2) is 6.67. The number of fused-ring (bicyclic) bond motifs is 1. The van der Waals surface area contributed by atoms with Crippen LogP contribution < -0.4 is 0 Å². The second-order valence-corrected chi connectivity index (χ2v) is 7.64. The maximum Gasteiger partial charge on any atom is 0.485 e. The first-order valence-electron chi connectivity index (χ1n) is 5.61. The van der Waals surface area contributed by atoms with Gasteiger partial charge in [-0.3, -0.25) is 0 Å². The number of hydrogen-bond donors (Lipinski definition) is 0. The Morgan fingerprint density at radius 2 is 1.52 bits per heavy atom. The molecule has 8 heteroatoms. The van der Waals surface area contributed by atoms with Crippen molar-refractivity contribution in [1.29, 1.82) is 0 Å². The largest absolute Gasteiger partial charge is 0.741 e. The third kappa shape index (κ3) is 4.90. The summed E-state index contributed by atoms with van der Waals surface area (Å²) in [5.74, 6) is 0. The zero-order valence-electron chi connectivity index (χ0n) is 11.2. The lowest BCUT2D eigenvalue weighted by atomic mass is 10.2. The van der Waals surface area contributed by atoms with Gasteiger partial charge in [-0.05, 0) is 23.8 Å². The molecule has 0 amide bonds. The lowest BCUT2D eigenvalue weighted by Crippen LogP contribution is -2.21. The van der Waals surface area contributed by atoms with E-state index in [1.807, 2.05) is 0 Å². The minimum Gasteiger partial charge on any atom is -0.741 e. The molecule has 0 fully saturated rings. The van der Waals surface area contributed by atoms with E-state index in [-0.39, 0.29) is 0 Å². The zero-order chi connectivity index (χ0) is 16.3. The molecule has 2 rings (SSSR count). The highest BCUT2D eigenvalue weighted by Gasteiger charge is 2.36. The van der Waals surface area contributed by atoms with Crippen LogP contribution in [0.4, 0.5) is 13.2 Å². The summed E-state index contributed by atoms with van der Waals surface area (Å²) in [5.41, 5.74) is -2.90. The molecule has 0 saturated heterocycles.